The molecule has 2 rings (SSSR count). The normalized spacial score (nSPS) is 10.8. The van der Waals surface area contributed by atoms with Crippen molar-refractivity contribution in [3.63, 3.8) is 0 Å². The van der Waals surface area contributed by atoms with E-state index in [4.69, 9.17) is 11.6 Å². The lowest BCUT2D eigenvalue weighted by atomic mass is 9.99. The molecule has 4 heteroatoms. The maximum atomic E-state index is 13.9. The number of halogens is 3. The van der Waals surface area contributed by atoms with Crippen LogP contribution in [-0.2, 0) is 6.54 Å². The molecule has 2 aromatic rings. The lowest BCUT2D eigenvalue weighted by molar-refractivity contribution is 0.511. The average molecular weight is 296 g/mol. The molecule has 0 aliphatic heterocycles. The Morgan fingerprint density at radius 3 is 2.65 bits per heavy atom. The van der Waals surface area contributed by atoms with Crippen LogP contribution in [0.2, 0.25) is 5.02 Å². The van der Waals surface area contributed by atoms with Crippen molar-refractivity contribution in [1.82, 2.24) is 5.32 Å². The molecule has 0 aliphatic carbocycles. The number of benzene rings is 2. The van der Waals surface area contributed by atoms with E-state index < -0.39 is 11.6 Å². The molecular weight excluding hydrogens is 280 g/mol. The molecule has 0 bridgehead atoms. The molecule has 0 spiro atoms. The van der Waals surface area contributed by atoms with Crippen LogP contribution in [0.3, 0.4) is 0 Å². The van der Waals surface area contributed by atoms with E-state index in [1.807, 2.05) is 0 Å². The highest BCUT2D eigenvalue weighted by atomic mass is 35.5. The Morgan fingerprint density at radius 1 is 1.10 bits per heavy atom. The van der Waals surface area contributed by atoms with E-state index in [1.165, 1.54) is 6.07 Å². The fraction of sp³-hybridized carbons (Fsp3) is 0.250. The summed E-state index contributed by atoms with van der Waals surface area (Å²) in [5.74, 6) is -1.67. The minimum absolute atomic E-state index is 0.259. The third-order valence-corrected chi connectivity index (χ3v) is 3.29. The van der Waals surface area contributed by atoms with Gasteiger partial charge in [0, 0.05) is 17.1 Å². The number of nitrogens with one attached hydrogen (secondary N) is 1. The van der Waals surface area contributed by atoms with Gasteiger partial charge in [-0.05, 0) is 42.3 Å². The second-order valence-electron chi connectivity index (χ2n) is 4.58. The fourth-order valence-corrected chi connectivity index (χ4v) is 2.28. The molecule has 0 saturated carbocycles. The maximum Gasteiger partial charge on any atom is 0.166 e. The zero-order valence-corrected chi connectivity index (χ0v) is 12.0. The van der Waals surface area contributed by atoms with Gasteiger partial charge in [-0.1, -0.05) is 36.7 Å². The quantitative estimate of drug-likeness (QED) is 0.782. The highest BCUT2D eigenvalue weighted by Gasteiger charge is 2.13. The molecule has 0 aromatic heterocycles. The van der Waals surface area contributed by atoms with Crippen LogP contribution in [0.25, 0.3) is 11.1 Å². The van der Waals surface area contributed by atoms with Gasteiger partial charge in [0.25, 0.3) is 0 Å². The van der Waals surface area contributed by atoms with Crippen molar-refractivity contribution >= 4 is 11.6 Å². The van der Waals surface area contributed by atoms with Crippen molar-refractivity contribution in [2.75, 3.05) is 6.54 Å². The minimum Gasteiger partial charge on any atom is -0.313 e. The largest absolute Gasteiger partial charge is 0.313 e. The van der Waals surface area contributed by atoms with Crippen LogP contribution >= 0.6 is 11.6 Å². The summed E-state index contributed by atoms with van der Waals surface area (Å²) in [5, 5.41) is 3.83. The third-order valence-electron chi connectivity index (χ3n) is 3.05. The SMILES string of the molecule is CCCNCc1cc(Cl)ccc1-c1cccc(F)c1F. The predicted molar refractivity (Wildman–Crippen MR) is 78.8 cm³/mol. The van der Waals surface area contributed by atoms with Gasteiger partial charge in [0.1, 0.15) is 0 Å². The molecule has 1 nitrogen and oxygen atoms in total. The first-order valence-corrected chi connectivity index (χ1v) is 6.94. The molecule has 106 valence electrons. The Labute approximate surface area is 122 Å². The van der Waals surface area contributed by atoms with Crippen molar-refractivity contribution < 1.29 is 8.78 Å². The zero-order chi connectivity index (χ0) is 14.5. The highest BCUT2D eigenvalue weighted by molar-refractivity contribution is 6.30. The Balaban J connectivity index is 2.42. The van der Waals surface area contributed by atoms with Gasteiger partial charge in [-0.3, -0.25) is 0 Å². The van der Waals surface area contributed by atoms with E-state index >= 15 is 0 Å². The van der Waals surface area contributed by atoms with E-state index in [-0.39, 0.29) is 5.56 Å². The van der Waals surface area contributed by atoms with E-state index in [9.17, 15) is 8.78 Å². The topological polar surface area (TPSA) is 12.0 Å². The summed E-state index contributed by atoms with van der Waals surface area (Å²) in [7, 11) is 0. The fourth-order valence-electron chi connectivity index (χ4n) is 2.08. The summed E-state index contributed by atoms with van der Waals surface area (Å²) in [6.45, 7) is 3.50. The zero-order valence-electron chi connectivity index (χ0n) is 11.2. The monoisotopic (exact) mass is 295 g/mol. The van der Waals surface area contributed by atoms with Crippen molar-refractivity contribution in [3.8, 4) is 11.1 Å². The van der Waals surface area contributed by atoms with Crippen LogP contribution in [0.1, 0.15) is 18.9 Å². The first-order valence-electron chi connectivity index (χ1n) is 6.57. The Hall–Kier alpha value is -1.45. The van der Waals surface area contributed by atoms with E-state index in [1.54, 1.807) is 24.3 Å². The Kier molecular flexibility index (Phi) is 5.10. The van der Waals surface area contributed by atoms with Crippen LogP contribution in [0.15, 0.2) is 36.4 Å². The first-order chi connectivity index (χ1) is 9.63. The minimum atomic E-state index is -0.843. The second kappa shape index (κ2) is 6.82. The molecule has 0 saturated heterocycles. The first kappa shape index (κ1) is 14.9. The third kappa shape index (κ3) is 3.35. The van der Waals surface area contributed by atoms with Crippen molar-refractivity contribution in [1.29, 1.82) is 0 Å². The maximum absolute atomic E-state index is 13.9. The molecule has 0 heterocycles. The van der Waals surface area contributed by atoms with Crippen LogP contribution in [-0.4, -0.2) is 6.54 Å². The molecule has 0 radical (unpaired) electrons. The van der Waals surface area contributed by atoms with Crippen molar-refractivity contribution in [3.05, 3.63) is 58.6 Å². The molecule has 20 heavy (non-hydrogen) atoms. The van der Waals surface area contributed by atoms with Crippen molar-refractivity contribution in [2.24, 2.45) is 0 Å². The Bertz CT molecular complexity index is 599. The van der Waals surface area contributed by atoms with Gasteiger partial charge in [-0.15, -0.1) is 0 Å². The predicted octanol–water partition coefficient (Wildman–Crippen LogP) is 4.78. The van der Waals surface area contributed by atoms with Gasteiger partial charge >= 0.3 is 0 Å². The van der Waals surface area contributed by atoms with E-state index in [0.717, 1.165) is 24.6 Å². The summed E-state index contributed by atoms with van der Waals surface area (Å²) < 4.78 is 27.3. The Morgan fingerprint density at radius 2 is 1.90 bits per heavy atom. The number of hydrogen-bond donors (Lipinski definition) is 1. The summed E-state index contributed by atoms with van der Waals surface area (Å²) in [6.07, 6.45) is 1.00. The van der Waals surface area contributed by atoms with Gasteiger partial charge in [0.15, 0.2) is 11.6 Å². The van der Waals surface area contributed by atoms with Gasteiger partial charge in [-0.2, -0.15) is 0 Å². The van der Waals surface area contributed by atoms with Gasteiger partial charge in [0.05, 0.1) is 0 Å². The van der Waals surface area contributed by atoms with Crippen LogP contribution in [0.4, 0.5) is 8.78 Å². The lowest BCUT2D eigenvalue weighted by Crippen LogP contribution is -2.14. The highest BCUT2D eigenvalue weighted by Crippen LogP contribution is 2.29. The second-order valence-corrected chi connectivity index (χ2v) is 5.02. The van der Waals surface area contributed by atoms with Crippen LogP contribution in [0, 0.1) is 11.6 Å². The van der Waals surface area contributed by atoms with Crippen LogP contribution < -0.4 is 5.32 Å². The standard InChI is InChI=1S/C16H16ClF2N/c1-2-8-20-10-11-9-12(17)6-7-13(11)14-4-3-5-15(18)16(14)19/h3-7,9,20H,2,8,10H2,1H3. The van der Waals surface area contributed by atoms with Gasteiger partial charge < -0.3 is 5.32 Å². The van der Waals surface area contributed by atoms with E-state index in [0.29, 0.717) is 17.1 Å². The average Bonchev–Trinajstić information content (AvgIpc) is 2.43. The number of hydrogen-bond acceptors (Lipinski definition) is 1. The summed E-state index contributed by atoms with van der Waals surface area (Å²) in [6, 6.07) is 9.39. The van der Waals surface area contributed by atoms with Crippen molar-refractivity contribution in [2.45, 2.75) is 19.9 Å². The molecule has 0 atom stereocenters. The molecule has 0 unspecified atom stereocenters. The molecule has 1 N–H and O–H groups in total. The smallest absolute Gasteiger partial charge is 0.166 e. The summed E-state index contributed by atoms with van der Waals surface area (Å²) in [4.78, 5) is 0. The molecule has 0 amide bonds. The van der Waals surface area contributed by atoms with Gasteiger partial charge in [0.2, 0.25) is 0 Å². The molecule has 0 fully saturated rings. The molecule has 2 aromatic carbocycles. The summed E-state index contributed by atoms with van der Waals surface area (Å²) in [5.41, 5.74) is 1.78. The lowest BCUT2D eigenvalue weighted by Gasteiger charge is -2.12. The summed E-state index contributed by atoms with van der Waals surface area (Å²) >= 11 is 5.99. The van der Waals surface area contributed by atoms with Gasteiger partial charge in [-0.25, -0.2) is 8.78 Å². The van der Waals surface area contributed by atoms with E-state index in [2.05, 4.69) is 12.2 Å². The molecular formula is C16H16ClF2N. The van der Waals surface area contributed by atoms with Crippen LogP contribution in [0.5, 0.6) is 0 Å². The molecule has 0 aliphatic rings. The number of rotatable bonds is 5.